The number of carbonyl (C=O) groups excluding carboxylic acids is 1. The van der Waals surface area contributed by atoms with Crippen molar-refractivity contribution >= 4 is 28.7 Å². The molecule has 0 fully saturated rings. The lowest BCUT2D eigenvalue weighted by molar-refractivity contribution is 0.0984. The highest BCUT2D eigenvalue weighted by atomic mass is 35.5. The van der Waals surface area contributed by atoms with Crippen LogP contribution in [0.5, 0.6) is 0 Å². The summed E-state index contributed by atoms with van der Waals surface area (Å²) < 4.78 is 0. The Hall–Kier alpha value is -1.16. The molecule has 136 valence electrons. The van der Waals surface area contributed by atoms with E-state index in [4.69, 9.17) is 17.3 Å². The van der Waals surface area contributed by atoms with Gasteiger partial charge in [-0.15, -0.1) is 11.3 Å². The number of hydrogen-bond acceptors (Lipinski definition) is 3. The molecule has 1 aromatic carbocycles. The van der Waals surface area contributed by atoms with Gasteiger partial charge in [0.25, 0.3) is 0 Å². The van der Waals surface area contributed by atoms with Crippen LogP contribution < -0.4 is 5.73 Å². The van der Waals surface area contributed by atoms with E-state index >= 15 is 0 Å². The fourth-order valence-corrected chi connectivity index (χ4v) is 4.09. The number of aryl methyl sites for hydroxylation is 4. The predicted octanol–water partition coefficient (Wildman–Crippen LogP) is 5.89. The van der Waals surface area contributed by atoms with E-state index in [0.717, 1.165) is 35.4 Å². The van der Waals surface area contributed by atoms with Crippen LogP contribution in [0.3, 0.4) is 0 Å². The summed E-state index contributed by atoms with van der Waals surface area (Å²) in [5.41, 5.74) is 9.73. The zero-order valence-electron chi connectivity index (χ0n) is 15.6. The Morgan fingerprint density at radius 2 is 1.88 bits per heavy atom. The van der Waals surface area contributed by atoms with Gasteiger partial charge in [0.15, 0.2) is 5.78 Å². The van der Waals surface area contributed by atoms with Gasteiger partial charge in [-0.05, 0) is 76.1 Å². The molecule has 25 heavy (non-hydrogen) atoms. The number of Topliss-reactive ketones (excluding diaryl/α,β-unsaturated/α-hetero) is 1. The van der Waals surface area contributed by atoms with Crippen molar-refractivity contribution in [1.82, 2.24) is 0 Å². The standard InChI is InChI=1S/C21H28ClNOS/c1-14-8-9-16(12-15(14)2)6-5-7-18(24)20-13-17(22)19(25-20)10-11-21(3,4)23/h8-9,12-13H,5-7,10-11,23H2,1-4H3. The highest BCUT2D eigenvalue weighted by Gasteiger charge is 2.16. The average molecular weight is 378 g/mol. The second-order valence-electron chi connectivity index (χ2n) is 7.57. The highest BCUT2D eigenvalue weighted by molar-refractivity contribution is 7.14. The van der Waals surface area contributed by atoms with Crippen molar-refractivity contribution in [2.45, 2.75) is 65.3 Å². The lowest BCUT2D eigenvalue weighted by Crippen LogP contribution is -2.32. The van der Waals surface area contributed by atoms with Crippen molar-refractivity contribution in [2.24, 2.45) is 5.73 Å². The smallest absolute Gasteiger partial charge is 0.172 e. The Labute approximate surface area is 160 Å². The molecular formula is C21H28ClNOS. The van der Waals surface area contributed by atoms with Crippen molar-refractivity contribution in [1.29, 1.82) is 0 Å². The van der Waals surface area contributed by atoms with Crippen LogP contribution in [0.1, 0.15) is 64.3 Å². The van der Waals surface area contributed by atoms with Gasteiger partial charge in [-0.3, -0.25) is 4.79 Å². The number of halogens is 1. The van der Waals surface area contributed by atoms with Gasteiger partial charge in [0.2, 0.25) is 0 Å². The first-order valence-electron chi connectivity index (χ1n) is 8.82. The maximum Gasteiger partial charge on any atom is 0.172 e. The number of rotatable bonds is 8. The number of carbonyl (C=O) groups is 1. The molecule has 4 heteroatoms. The normalized spacial score (nSPS) is 11.8. The number of ketones is 1. The molecule has 0 unspecified atom stereocenters. The summed E-state index contributed by atoms with van der Waals surface area (Å²) in [6, 6.07) is 8.34. The zero-order chi connectivity index (χ0) is 18.6. The highest BCUT2D eigenvalue weighted by Crippen LogP contribution is 2.30. The van der Waals surface area contributed by atoms with Gasteiger partial charge in [0, 0.05) is 16.8 Å². The molecule has 2 rings (SSSR count). The van der Waals surface area contributed by atoms with E-state index < -0.39 is 0 Å². The SMILES string of the molecule is Cc1ccc(CCCC(=O)c2cc(Cl)c(CCC(C)(C)N)s2)cc1C. The van der Waals surface area contributed by atoms with Gasteiger partial charge < -0.3 is 5.73 Å². The minimum atomic E-state index is -0.219. The lowest BCUT2D eigenvalue weighted by atomic mass is 9.99. The average Bonchev–Trinajstić information content (AvgIpc) is 2.89. The largest absolute Gasteiger partial charge is 0.326 e. The fraction of sp³-hybridized carbons (Fsp3) is 0.476. The second-order valence-corrected chi connectivity index (χ2v) is 9.11. The van der Waals surface area contributed by atoms with Crippen molar-refractivity contribution < 1.29 is 4.79 Å². The van der Waals surface area contributed by atoms with Crippen LogP contribution in [-0.2, 0) is 12.8 Å². The van der Waals surface area contributed by atoms with Gasteiger partial charge in [0.1, 0.15) is 0 Å². The molecule has 0 radical (unpaired) electrons. The maximum atomic E-state index is 12.4. The summed E-state index contributed by atoms with van der Waals surface area (Å²) in [6.45, 7) is 8.26. The molecule has 1 heterocycles. The number of nitrogens with two attached hydrogens (primary N) is 1. The van der Waals surface area contributed by atoms with Crippen LogP contribution in [0, 0.1) is 13.8 Å². The number of thiophene rings is 1. The molecule has 0 aliphatic carbocycles. The Kier molecular flexibility index (Phi) is 6.84. The van der Waals surface area contributed by atoms with Crippen molar-refractivity contribution in [3.63, 3.8) is 0 Å². The molecule has 0 aliphatic heterocycles. The van der Waals surface area contributed by atoms with E-state index in [1.54, 1.807) is 0 Å². The summed E-state index contributed by atoms with van der Waals surface area (Å²) in [4.78, 5) is 14.3. The first-order chi connectivity index (χ1) is 11.7. The Morgan fingerprint density at radius 3 is 2.52 bits per heavy atom. The third-order valence-corrected chi connectivity index (χ3v) is 6.15. The Morgan fingerprint density at radius 1 is 1.16 bits per heavy atom. The third-order valence-electron chi connectivity index (χ3n) is 4.47. The van der Waals surface area contributed by atoms with Gasteiger partial charge in [-0.1, -0.05) is 29.8 Å². The molecule has 0 saturated heterocycles. The first kappa shape index (κ1) is 20.2. The summed E-state index contributed by atoms with van der Waals surface area (Å²) >= 11 is 7.82. The molecule has 0 bridgehead atoms. The monoisotopic (exact) mass is 377 g/mol. The van der Waals surface area contributed by atoms with E-state index in [0.29, 0.717) is 11.4 Å². The van der Waals surface area contributed by atoms with Crippen LogP contribution in [-0.4, -0.2) is 11.3 Å². The fourth-order valence-electron chi connectivity index (χ4n) is 2.69. The van der Waals surface area contributed by atoms with E-state index in [2.05, 4.69) is 32.0 Å². The number of benzene rings is 1. The Balaban J connectivity index is 1.89. The topological polar surface area (TPSA) is 43.1 Å². The van der Waals surface area contributed by atoms with E-state index in [-0.39, 0.29) is 11.3 Å². The second kappa shape index (κ2) is 8.48. The van der Waals surface area contributed by atoms with Crippen LogP contribution >= 0.6 is 22.9 Å². The van der Waals surface area contributed by atoms with E-state index in [1.807, 2.05) is 19.9 Å². The van der Waals surface area contributed by atoms with Crippen LogP contribution in [0.4, 0.5) is 0 Å². The predicted molar refractivity (Wildman–Crippen MR) is 109 cm³/mol. The molecule has 2 N–H and O–H groups in total. The van der Waals surface area contributed by atoms with Crippen molar-refractivity contribution in [3.8, 4) is 0 Å². The number of hydrogen-bond donors (Lipinski definition) is 1. The van der Waals surface area contributed by atoms with Crippen molar-refractivity contribution in [2.75, 3.05) is 0 Å². The summed E-state index contributed by atoms with van der Waals surface area (Å²) in [7, 11) is 0. The molecule has 2 nitrogen and oxygen atoms in total. The van der Waals surface area contributed by atoms with Gasteiger partial charge in [0.05, 0.1) is 9.90 Å². The van der Waals surface area contributed by atoms with Crippen molar-refractivity contribution in [3.05, 3.63) is 55.7 Å². The lowest BCUT2D eigenvalue weighted by Gasteiger charge is -2.17. The molecule has 2 aromatic rings. The first-order valence-corrected chi connectivity index (χ1v) is 10.0. The molecule has 1 aromatic heterocycles. The summed E-state index contributed by atoms with van der Waals surface area (Å²) in [5, 5.41) is 0.701. The van der Waals surface area contributed by atoms with E-state index in [1.165, 1.54) is 28.0 Å². The quantitative estimate of drug-likeness (QED) is 0.582. The van der Waals surface area contributed by atoms with Gasteiger partial charge >= 0.3 is 0 Å². The van der Waals surface area contributed by atoms with Gasteiger partial charge in [-0.25, -0.2) is 0 Å². The molecule has 0 saturated carbocycles. The zero-order valence-corrected chi connectivity index (χ0v) is 17.2. The Bertz CT molecular complexity index is 743. The van der Waals surface area contributed by atoms with Gasteiger partial charge in [-0.2, -0.15) is 0 Å². The van der Waals surface area contributed by atoms with Crippen LogP contribution in [0.15, 0.2) is 24.3 Å². The maximum absolute atomic E-state index is 12.4. The summed E-state index contributed by atoms with van der Waals surface area (Å²) in [5.74, 6) is 0.189. The molecule has 0 aliphatic rings. The molecular weight excluding hydrogens is 350 g/mol. The van der Waals surface area contributed by atoms with E-state index in [9.17, 15) is 4.79 Å². The summed E-state index contributed by atoms with van der Waals surface area (Å²) in [6.07, 6.45) is 4.03. The third kappa shape index (κ3) is 6.25. The minimum Gasteiger partial charge on any atom is -0.326 e. The molecule has 0 amide bonds. The van der Waals surface area contributed by atoms with Crippen LogP contribution in [0.25, 0.3) is 0 Å². The van der Waals surface area contributed by atoms with Crippen LogP contribution in [0.2, 0.25) is 5.02 Å². The minimum absolute atomic E-state index is 0.189. The molecule has 0 spiro atoms. The molecule has 0 atom stereocenters.